The van der Waals surface area contributed by atoms with Gasteiger partial charge in [0.2, 0.25) is 0 Å². The van der Waals surface area contributed by atoms with E-state index < -0.39 is 0 Å². The summed E-state index contributed by atoms with van der Waals surface area (Å²) in [6.07, 6.45) is 1.33. The zero-order chi connectivity index (χ0) is 8.55. The Hall–Kier alpha value is -1.35. The van der Waals surface area contributed by atoms with Gasteiger partial charge in [0.05, 0.1) is 0 Å². The van der Waals surface area contributed by atoms with Gasteiger partial charge < -0.3 is 4.84 Å². The highest BCUT2D eigenvalue weighted by Crippen LogP contribution is 2.29. The Morgan fingerprint density at radius 1 is 1.33 bits per heavy atom. The Morgan fingerprint density at radius 2 is 2.17 bits per heavy atom. The molecule has 3 nitrogen and oxygen atoms in total. The number of nitrogens with two attached hydrogens (primary N) is 1. The highest BCUT2D eigenvalue weighted by molar-refractivity contribution is 6.01. The molecule has 0 bridgehead atoms. The Labute approximate surface area is 70.1 Å². The number of carbonyl (C=O) groups is 1. The maximum absolute atomic E-state index is 11.2. The normalized spacial score (nSPS) is 14.6. The van der Waals surface area contributed by atoms with Crippen molar-refractivity contribution in [2.45, 2.75) is 12.8 Å². The number of ketones is 1. The molecule has 62 valence electrons. The van der Waals surface area contributed by atoms with Crippen molar-refractivity contribution in [3.63, 3.8) is 0 Å². The number of carbonyl (C=O) groups excluding carboxylic acids is 1. The second-order valence-corrected chi connectivity index (χ2v) is 2.82. The summed E-state index contributed by atoms with van der Waals surface area (Å²) in [5.74, 6) is 5.86. The third-order valence-electron chi connectivity index (χ3n) is 2.16. The first kappa shape index (κ1) is 7.31. The summed E-state index contributed by atoms with van der Waals surface area (Å²) in [4.78, 5) is 15.9. The summed E-state index contributed by atoms with van der Waals surface area (Å²) in [6.45, 7) is 0. The number of rotatable bonds is 1. The molecule has 0 atom stereocenters. The molecule has 0 aliphatic heterocycles. The van der Waals surface area contributed by atoms with Gasteiger partial charge in [-0.3, -0.25) is 4.79 Å². The number of Topliss-reactive ketones (excluding diaryl/α,β-unsaturated/α-hetero) is 1. The molecular formula is C9H9NO2. The minimum absolute atomic E-state index is 0.184. The Bertz CT molecular complexity index is 333. The summed E-state index contributed by atoms with van der Waals surface area (Å²) in [7, 11) is 0. The monoisotopic (exact) mass is 163 g/mol. The van der Waals surface area contributed by atoms with E-state index in [0.29, 0.717) is 12.2 Å². The molecule has 0 radical (unpaired) electrons. The van der Waals surface area contributed by atoms with E-state index in [9.17, 15) is 4.79 Å². The van der Waals surface area contributed by atoms with Crippen molar-refractivity contribution in [3.05, 3.63) is 29.3 Å². The third kappa shape index (κ3) is 0.905. The van der Waals surface area contributed by atoms with Crippen LogP contribution in [0.15, 0.2) is 18.2 Å². The van der Waals surface area contributed by atoms with Gasteiger partial charge in [-0.25, -0.2) is 0 Å². The van der Waals surface area contributed by atoms with Gasteiger partial charge in [0.1, 0.15) is 0 Å². The van der Waals surface area contributed by atoms with Crippen molar-refractivity contribution in [1.29, 1.82) is 0 Å². The Kier molecular flexibility index (Phi) is 1.59. The summed E-state index contributed by atoms with van der Waals surface area (Å²) in [6, 6.07) is 5.37. The van der Waals surface area contributed by atoms with Crippen LogP contribution in [0.4, 0.5) is 0 Å². The van der Waals surface area contributed by atoms with E-state index in [-0.39, 0.29) is 5.78 Å². The van der Waals surface area contributed by atoms with E-state index in [0.717, 1.165) is 17.5 Å². The molecule has 0 heterocycles. The lowest BCUT2D eigenvalue weighted by Crippen LogP contribution is -2.04. The van der Waals surface area contributed by atoms with E-state index in [2.05, 4.69) is 4.84 Å². The lowest BCUT2D eigenvalue weighted by molar-refractivity contribution is 0.0994. The van der Waals surface area contributed by atoms with Crippen molar-refractivity contribution < 1.29 is 9.63 Å². The first-order valence-corrected chi connectivity index (χ1v) is 3.85. The standard InChI is InChI=1S/C9H9NO2/c10-12-9-3-1-2-6-7(9)4-5-8(6)11/h1-3H,4-5,10H2. The van der Waals surface area contributed by atoms with Gasteiger partial charge in [-0.15, -0.1) is 0 Å². The van der Waals surface area contributed by atoms with Gasteiger partial charge in [-0.1, -0.05) is 12.1 Å². The molecule has 2 rings (SSSR count). The molecule has 1 aliphatic carbocycles. The second-order valence-electron chi connectivity index (χ2n) is 2.82. The molecule has 1 aromatic rings. The minimum Gasteiger partial charge on any atom is -0.411 e. The molecule has 0 unspecified atom stereocenters. The molecule has 2 N–H and O–H groups in total. The zero-order valence-corrected chi connectivity index (χ0v) is 6.54. The topological polar surface area (TPSA) is 52.3 Å². The lowest BCUT2D eigenvalue weighted by atomic mass is 10.1. The van der Waals surface area contributed by atoms with E-state index in [1.807, 2.05) is 6.07 Å². The van der Waals surface area contributed by atoms with Crippen LogP contribution >= 0.6 is 0 Å². The largest absolute Gasteiger partial charge is 0.411 e. The summed E-state index contributed by atoms with van der Waals surface area (Å²) in [5, 5.41) is 0. The van der Waals surface area contributed by atoms with E-state index in [4.69, 9.17) is 5.90 Å². The van der Waals surface area contributed by atoms with Gasteiger partial charge in [0, 0.05) is 17.5 Å². The van der Waals surface area contributed by atoms with Gasteiger partial charge in [0.15, 0.2) is 11.5 Å². The molecule has 1 aromatic carbocycles. The van der Waals surface area contributed by atoms with Crippen molar-refractivity contribution in [1.82, 2.24) is 0 Å². The molecule has 0 saturated carbocycles. The van der Waals surface area contributed by atoms with E-state index in [1.165, 1.54) is 0 Å². The number of fused-ring (bicyclic) bond motifs is 1. The zero-order valence-electron chi connectivity index (χ0n) is 6.54. The molecule has 1 aliphatic rings. The first-order valence-electron chi connectivity index (χ1n) is 3.85. The SMILES string of the molecule is NOc1cccc2c1CCC2=O. The molecule has 0 saturated heterocycles. The molecule has 3 heteroatoms. The predicted octanol–water partition coefficient (Wildman–Crippen LogP) is 1.07. The fourth-order valence-electron chi connectivity index (χ4n) is 1.57. The van der Waals surface area contributed by atoms with Crippen molar-refractivity contribution in [2.75, 3.05) is 0 Å². The van der Waals surface area contributed by atoms with Crippen LogP contribution in [-0.2, 0) is 6.42 Å². The summed E-state index contributed by atoms with van der Waals surface area (Å²) < 4.78 is 0. The summed E-state index contributed by atoms with van der Waals surface area (Å²) in [5.41, 5.74) is 1.71. The fourth-order valence-corrected chi connectivity index (χ4v) is 1.57. The first-order chi connectivity index (χ1) is 5.83. The lowest BCUT2D eigenvalue weighted by Gasteiger charge is -2.03. The number of hydrogen-bond acceptors (Lipinski definition) is 3. The maximum atomic E-state index is 11.2. The van der Waals surface area contributed by atoms with Crippen LogP contribution in [0, 0.1) is 0 Å². The molecule has 0 spiro atoms. The van der Waals surface area contributed by atoms with Gasteiger partial charge in [-0.05, 0) is 12.5 Å². The van der Waals surface area contributed by atoms with Crippen LogP contribution in [0.2, 0.25) is 0 Å². The van der Waals surface area contributed by atoms with Crippen LogP contribution in [-0.4, -0.2) is 5.78 Å². The molecule has 0 aromatic heterocycles. The Balaban J connectivity index is 2.58. The Morgan fingerprint density at radius 3 is 2.92 bits per heavy atom. The smallest absolute Gasteiger partial charge is 0.163 e. The van der Waals surface area contributed by atoms with Crippen LogP contribution in [0.1, 0.15) is 22.3 Å². The van der Waals surface area contributed by atoms with Crippen molar-refractivity contribution in [2.24, 2.45) is 5.90 Å². The number of hydrogen-bond donors (Lipinski definition) is 1. The third-order valence-corrected chi connectivity index (χ3v) is 2.16. The van der Waals surface area contributed by atoms with Crippen LogP contribution in [0.3, 0.4) is 0 Å². The van der Waals surface area contributed by atoms with Gasteiger partial charge >= 0.3 is 0 Å². The average molecular weight is 163 g/mol. The highest BCUT2D eigenvalue weighted by Gasteiger charge is 2.22. The maximum Gasteiger partial charge on any atom is 0.163 e. The average Bonchev–Trinajstić information content (AvgIpc) is 2.48. The predicted molar refractivity (Wildman–Crippen MR) is 43.9 cm³/mol. The quantitative estimate of drug-likeness (QED) is 0.630. The van der Waals surface area contributed by atoms with E-state index >= 15 is 0 Å². The minimum atomic E-state index is 0.184. The summed E-state index contributed by atoms with van der Waals surface area (Å²) >= 11 is 0. The molecular weight excluding hydrogens is 154 g/mol. The highest BCUT2D eigenvalue weighted by atomic mass is 16.6. The molecule has 0 fully saturated rings. The molecule has 0 amide bonds. The van der Waals surface area contributed by atoms with E-state index in [1.54, 1.807) is 12.1 Å². The van der Waals surface area contributed by atoms with Crippen molar-refractivity contribution in [3.8, 4) is 5.75 Å². The van der Waals surface area contributed by atoms with Gasteiger partial charge in [-0.2, -0.15) is 5.90 Å². The molecule has 12 heavy (non-hydrogen) atoms. The van der Waals surface area contributed by atoms with Crippen LogP contribution < -0.4 is 10.7 Å². The second kappa shape index (κ2) is 2.60. The van der Waals surface area contributed by atoms with Crippen LogP contribution in [0.25, 0.3) is 0 Å². The number of benzene rings is 1. The van der Waals surface area contributed by atoms with Crippen LogP contribution in [0.5, 0.6) is 5.75 Å². The van der Waals surface area contributed by atoms with Crippen molar-refractivity contribution >= 4 is 5.78 Å². The van der Waals surface area contributed by atoms with Gasteiger partial charge in [0.25, 0.3) is 0 Å². The fraction of sp³-hybridized carbons (Fsp3) is 0.222.